The van der Waals surface area contributed by atoms with Gasteiger partial charge in [0.1, 0.15) is 33.8 Å². The first-order valence-corrected chi connectivity index (χ1v) is 12.5. The molecule has 0 aliphatic rings. The van der Waals surface area contributed by atoms with Gasteiger partial charge in [0.15, 0.2) is 17.4 Å². The van der Waals surface area contributed by atoms with Gasteiger partial charge in [-0.2, -0.15) is 0 Å². The van der Waals surface area contributed by atoms with Gasteiger partial charge >= 0.3 is 0 Å². The number of halogens is 1. The number of aryl methyl sites for hydroxylation is 1. The molecule has 2 unspecified atom stereocenters. The van der Waals surface area contributed by atoms with Gasteiger partial charge < -0.3 is 19.0 Å². The van der Waals surface area contributed by atoms with E-state index in [1.165, 1.54) is 32.6 Å². The summed E-state index contributed by atoms with van der Waals surface area (Å²) in [6.45, 7) is 4.23. The van der Waals surface area contributed by atoms with Crippen molar-refractivity contribution >= 4 is 16.0 Å². The number of aromatic nitrogens is 5. The van der Waals surface area contributed by atoms with Gasteiger partial charge in [-0.1, -0.05) is 6.07 Å². The molecule has 37 heavy (non-hydrogen) atoms. The summed E-state index contributed by atoms with van der Waals surface area (Å²) in [5.74, 6) is 0.516. The van der Waals surface area contributed by atoms with E-state index < -0.39 is 26.7 Å². The maximum absolute atomic E-state index is 13.5. The maximum atomic E-state index is 13.5. The molecule has 196 valence electrons. The van der Waals surface area contributed by atoms with E-state index in [2.05, 4.69) is 24.9 Å². The van der Waals surface area contributed by atoms with Crippen molar-refractivity contribution in [2.75, 3.05) is 18.9 Å². The molecule has 0 saturated carbocycles. The van der Waals surface area contributed by atoms with Crippen LogP contribution in [0.15, 0.2) is 47.1 Å². The smallest absolute Gasteiger partial charge is 0.243 e. The number of rotatable bonds is 9. The summed E-state index contributed by atoms with van der Waals surface area (Å²) in [7, 11) is -1.47. The highest BCUT2D eigenvalue weighted by molar-refractivity contribution is 7.93. The molecule has 12 nitrogen and oxygen atoms in total. The minimum absolute atomic E-state index is 0.162. The molecule has 2 N–H and O–H groups in total. The van der Waals surface area contributed by atoms with Crippen LogP contribution in [0.2, 0.25) is 0 Å². The normalized spacial score (nSPS) is 14.1. The van der Waals surface area contributed by atoms with Gasteiger partial charge in [0.25, 0.3) is 0 Å². The zero-order chi connectivity index (χ0) is 27.0. The Labute approximate surface area is 212 Å². The predicted octanol–water partition coefficient (Wildman–Crippen LogP) is 2.82. The van der Waals surface area contributed by atoms with E-state index in [0.29, 0.717) is 28.7 Å². The number of methoxy groups -OCH3 is 2. The van der Waals surface area contributed by atoms with Crippen LogP contribution in [0.25, 0.3) is 17.3 Å². The minimum Gasteiger partial charge on any atom is -0.494 e. The summed E-state index contributed by atoms with van der Waals surface area (Å²) < 4.78 is 60.7. The van der Waals surface area contributed by atoms with Gasteiger partial charge in [-0.25, -0.2) is 22.8 Å². The standard InChI is InChI=1S/C23H25FN6O6S/c1-13-9-10-18(36-13)20-27-28-22(30(20)19-16(34-4)7-6-8-17(19)35-5)29-37(32,33)14(2)23(3,31)21-25-11-15(24)12-26-21/h6-12,14,31H,1-5H3,(H,28,29). The van der Waals surface area contributed by atoms with Crippen molar-refractivity contribution < 1.29 is 31.8 Å². The van der Waals surface area contributed by atoms with Crippen molar-refractivity contribution in [3.8, 4) is 28.8 Å². The van der Waals surface area contributed by atoms with Gasteiger partial charge in [0.05, 0.1) is 26.6 Å². The average molecular weight is 533 g/mol. The van der Waals surface area contributed by atoms with Crippen molar-refractivity contribution in [1.29, 1.82) is 0 Å². The number of ether oxygens (including phenoxy) is 2. The van der Waals surface area contributed by atoms with Crippen LogP contribution in [-0.4, -0.2) is 57.7 Å². The fourth-order valence-corrected chi connectivity index (χ4v) is 4.87. The Balaban J connectivity index is 1.84. The summed E-state index contributed by atoms with van der Waals surface area (Å²) in [6.07, 6.45) is 1.68. The monoisotopic (exact) mass is 532 g/mol. The molecule has 0 bridgehead atoms. The van der Waals surface area contributed by atoms with E-state index in [1.54, 1.807) is 37.3 Å². The van der Waals surface area contributed by atoms with Gasteiger partial charge in [0, 0.05) is 0 Å². The van der Waals surface area contributed by atoms with Crippen LogP contribution in [0, 0.1) is 12.7 Å². The summed E-state index contributed by atoms with van der Waals surface area (Å²) in [4.78, 5) is 7.48. The number of para-hydroxylation sites is 1. The number of nitrogens with one attached hydrogen (secondary N) is 1. The molecule has 3 heterocycles. The first-order chi connectivity index (χ1) is 17.5. The van der Waals surface area contributed by atoms with Gasteiger partial charge in [-0.3, -0.25) is 9.29 Å². The van der Waals surface area contributed by atoms with Crippen LogP contribution < -0.4 is 14.2 Å². The number of hydrogen-bond acceptors (Lipinski definition) is 10. The van der Waals surface area contributed by atoms with Crippen molar-refractivity contribution in [1.82, 2.24) is 24.7 Å². The summed E-state index contributed by atoms with van der Waals surface area (Å²) in [5, 5.41) is 17.7. The molecule has 3 aromatic heterocycles. The molecular weight excluding hydrogens is 507 g/mol. The van der Waals surface area contributed by atoms with Crippen molar-refractivity contribution in [3.05, 3.63) is 60.1 Å². The number of furan rings is 1. The lowest BCUT2D eigenvalue weighted by atomic mass is 10.0. The quantitative estimate of drug-likeness (QED) is 0.329. The van der Waals surface area contributed by atoms with Gasteiger partial charge in [-0.05, 0) is 45.0 Å². The molecule has 14 heteroatoms. The molecule has 0 fully saturated rings. The van der Waals surface area contributed by atoms with Crippen LogP contribution in [-0.2, 0) is 15.6 Å². The second-order valence-electron chi connectivity index (χ2n) is 8.27. The largest absolute Gasteiger partial charge is 0.494 e. The number of benzene rings is 1. The third-order valence-corrected chi connectivity index (χ3v) is 7.67. The Morgan fingerprint density at radius 1 is 1.11 bits per heavy atom. The number of hydrogen-bond donors (Lipinski definition) is 2. The first kappa shape index (κ1) is 26.0. The number of sulfonamides is 1. The van der Waals surface area contributed by atoms with Crippen LogP contribution in [0.3, 0.4) is 0 Å². The Hall–Kier alpha value is -4.04. The van der Waals surface area contributed by atoms with E-state index in [4.69, 9.17) is 13.9 Å². The Kier molecular flexibility index (Phi) is 6.88. The molecule has 4 rings (SSSR count). The number of nitrogens with zero attached hydrogens (tertiary/aromatic N) is 5. The third-order valence-electron chi connectivity index (χ3n) is 5.81. The molecule has 0 aliphatic carbocycles. The van der Waals surface area contributed by atoms with E-state index in [-0.39, 0.29) is 17.6 Å². The predicted molar refractivity (Wildman–Crippen MR) is 130 cm³/mol. The third kappa shape index (κ3) is 4.84. The zero-order valence-electron chi connectivity index (χ0n) is 20.6. The SMILES string of the molecule is COc1cccc(OC)c1-n1c(NS(=O)(=O)C(C)C(C)(O)c2ncc(F)cn2)nnc1-c1ccc(C)o1. The van der Waals surface area contributed by atoms with Crippen molar-refractivity contribution in [2.24, 2.45) is 0 Å². The molecule has 0 amide bonds. The maximum Gasteiger partial charge on any atom is 0.243 e. The summed E-state index contributed by atoms with van der Waals surface area (Å²) >= 11 is 0. The van der Waals surface area contributed by atoms with Gasteiger partial charge in [0.2, 0.25) is 21.8 Å². The molecule has 4 aromatic rings. The molecule has 0 radical (unpaired) electrons. The highest BCUT2D eigenvalue weighted by Gasteiger charge is 2.43. The Bertz CT molecular complexity index is 1490. The molecule has 0 spiro atoms. The highest BCUT2D eigenvalue weighted by atomic mass is 32.2. The molecule has 0 saturated heterocycles. The summed E-state index contributed by atoms with van der Waals surface area (Å²) in [5.41, 5.74) is -1.78. The molecular formula is C23H25FN6O6S. The lowest BCUT2D eigenvalue weighted by molar-refractivity contribution is 0.0469. The molecule has 0 aliphatic heterocycles. The van der Waals surface area contributed by atoms with E-state index in [1.807, 2.05) is 0 Å². The number of aliphatic hydroxyl groups is 1. The van der Waals surface area contributed by atoms with Crippen LogP contribution >= 0.6 is 0 Å². The topological polar surface area (TPSA) is 154 Å². The lowest BCUT2D eigenvalue weighted by Gasteiger charge is -2.28. The summed E-state index contributed by atoms with van der Waals surface area (Å²) in [6, 6.07) is 8.40. The van der Waals surface area contributed by atoms with Crippen molar-refractivity contribution in [2.45, 2.75) is 31.6 Å². The van der Waals surface area contributed by atoms with Crippen LogP contribution in [0.1, 0.15) is 25.4 Å². The lowest BCUT2D eigenvalue weighted by Crippen LogP contribution is -2.44. The van der Waals surface area contributed by atoms with E-state index in [9.17, 15) is 17.9 Å². The fourth-order valence-electron chi connectivity index (χ4n) is 3.60. The number of anilines is 1. The Morgan fingerprint density at radius 3 is 2.27 bits per heavy atom. The average Bonchev–Trinajstić information content (AvgIpc) is 3.48. The highest BCUT2D eigenvalue weighted by Crippen LogP contribution is 2.38. The van der Waals surface area contributed by atoms with E-state index in [0.717, 1.165) is 12.4 Å². The second-order valence-corrected chi connectivity index (χ2v) is 10.3. The van der Waals surface area contributed by atoms with E-state index >= 15 is 0 Å². The first-order valence-electron chi connectivity index (χ1n) is 10.9. The Morgan fingerprint density at radius 2 is 1.73 bits per heavy atom. The van der Waals surface area contributed by atoms with Gasteiger partial charge in [-0.15, -0.1) is 10.2 Å². The fraction of sp³-hybridized carbons (Fsp3) is 0.304. The second kappa shape index (κ2) is 9.78. The van der Waals surface area contributed by atoms with Crippen LogP contribution in [0.4, 0.5) is 10.3 Å². The van der Waals surface area contributed by atoms with Crippen molar-refractivity contribution in [3.63, 3.8) is 0 Å². The van der Waals surface area contributed by atoms with Crippen LogP contribution in [0.5, 0.6) is 11.5 Å². The molecule has 2 atom stereocenters. The minimum atomic E-state index is -4.37. The zero-order valence-corrected chi connectivity index (χ0v) is 21.4. The molecule has 1 aromatic carbocycles.